The number of hydrogen-bond acceptors (Lipinski definition) is 3. The molecule has 220 valence electrons. The van der Waals surface area contributed by atoms with Gasteiger partial charge >= 0.3 is 5.69 Å². The van der Waals surface area contributed by atoms with E-state index in [-0.39, 0.29) is 18.2 Å². The van der Waals surface area contributed by atoms with Crippen LogP contribution in [0.4, 0.5) is 8.78 Å². The van der Waals surface area contributed by atoms with Crippen LogP contribution in [0.2, 0.25) is 0 Å². The highest BCUT2D eigenvalue weighted by Crippen LogP contribution is 2.37. The molecule has 1 heterocycles. The van der Waals surface area contributed by atoms with E-state index in [2.05, 4.69) is 54.8 Å². The van der Waals surface area contributed by atoms with E-state index >= 15 is 0 Å². The zero-order valence-corrected chi connectivity index (χ0v) is 24.9. The van der Waals surface area contributed by atoms with Crippen LogP contribution in [-0.4, -0.2) is 54.4 Å². The lowest BCUT2D eigenvalue weighted by Gasteiger charge is -2.14. The van der Waals surface area contributed by atoms with Crippen molar-refractivity contribution in [1.29, 1.82) is 0 Å². The number of aromatic amines is 1. The minimum Gasteiger partial charge on any atom is -0.314 e. The van der Waals surface area contributed by atoms with Gasteiger partial charge in [0.25, 0.3) is 0 Å². The Bertz CT molecular complexity index is 1460. The number of nitrogens with one attached hydrogen (secondary N) is 2. The van der Waals surface area contributed by atoms with Crippen LogP contribution in [0.15, 0.2) is 77.1 Å². The maximum absolute atomic E-state index is 14.0. The minimum atomic E-state index is -0.337. The zero-order chi connectivity index (χ0) is 29.8. The second kappa shape index (κ2) is 16.0. The Labute approximate surface area is 243 Å². The molecule has 0 spiro atoms. The second-order valence-corrected chi connectivity index (χ2v) is 10.3. The van der Waals surface area contributed by atoms with Crippen molar-refractivity contribution in [1.82, 2.24) is 19.8 Å². The monoisotopic (exact) mass is 562 g/mol. The van der Waals surface area contributed by atoms with Crippen molar-refractivity contribution in [3.8, 4) is 0 Å². The van der Waals surface area contributed by atoms with Gasteiger partial charge in [0.05, 0.1) is 11.0 Å². The number of imidazole rings is 1. The first-order valence-electron chi connectivity index (χ1n) is 14.4. The number of aromatic nitrogens is 2. The fourth-order valence-electron chi connectivity index (χ4n) is 5.01. The molecule has 1 aliphatic rings. The summed E-state index contributed by atoms with van der Waals surface area (Å²) in [5, 5.41) is 3.42. The van der Waals surface area contributed by atoms with Gasteiger partial charge in [0.15, 0.2) is 0 Å². The van der Waals surface area contributed by atoms with Crippen molar-refractivity contribution in [2.24, 2.45) is 0 Å². The molecule has 1 aromatic heterocycles. The minimum absolute atomic E-state index is 0.0955. The summed E-state index contributed by atoms with van der Waals surface area (Å²) in [6.07, 6.45) is 9.75. The Hall–Kier alpha value is -3.55. The van der Waals surface area contributed by atoms with Crippen molar-refractivity contribution in [3.05, 3.63) is 105 Å². The first-order chi connectivity index (χ1) is 19.8. The van der Waals surface area contributed by atoms with Crippen LogP contribution in [0.3, 0.4) is 0 Å². The van der Waals surface area contributed by atoms with E-state index in [1.165, 1.54) is 23.3 Å². The predicted molar refractivity (Wildman–Crippen MR) is 169 cm³/mol. The fraction of sp³-hybridized carbons (Fsp3) is 0.382. The quantitative estimate of drug-likeness (QED) is 0.197. The number of hydrogen-bond donors (Lipinski definition) is 2. The lowest BCUT2D eigenvalue weighted by molar-refractivity contribution is 0.348. The average Bonchev–Trinajstić information content (AvgIpc) is 3.21. The normalized spacial score (nSPS) is 14.5. The summed E-state index contributed by atoms with van der Waals surface area (Å²) in [5.74, 6) is -0.204. The van der Waals surface area contributed by atoms with Crippen molar-refractivity contribution in [3.63, 3.8) is 0 Å². The number of likely N-dealkylation sites (N-methyl/N-ethyl adjacent to an activating group) is 1. The molecule has 2 aromatic carbocycles. The number of alkyl halides is 1. The number of nitrogens with zero attached hydrogens (tertiary/aromatic N) is 2. The maximum atomic E-state index is 14.0. The number of benzene rings is 2. The molecule has 1 aliphatic carbocycles. The van der Waals surface area contributed by atoms with Crippen LogP contribution < -0.4 is 11.0 Å². The Morgan fingerprint density at radius 3 is 2.66 bits per heavy atom. The summed E-state index contributed by atoms with van der Waals surface area (Å²) in [7, 11) is 2.10. The van der Waals surface area contributed by atoms with Crippen molar-refractivity contribution in [2.45, 2.75) is 46.6 Å². The molecular weight excluding hydrogens is 518 g/mol. The molecule has 0 radical (unpaired) electrons. The van der Waals surface area contributed by atoms with Crippen LogP contribution in [0.25, 0.3) is 22.7 Å². The topological polar surface area (TPSA) is 53.1 Å². The van der Waals surface area contributed by atoms with Gasteiger partial charge in [0, 0.05) is 26.2 Å². The van der Waals surface area contributed by atoms with E-state index in [0.29, 0.717) is 6.54 Å². The van der Waals surface area contributed by atoms with Gasteiger partial charge in [-0.25, -0.2) is 13.6 Å². The molecule has 5 nitrogen and oxygen atoms in total. The number of fused-ring (bicyclic) bond motifs is 2. The third kappa shape index (κ3) is 8.72. The number of halogens is 2. The summed E-state index contributed by atoms with van der Waals surface area (Å²) in [4.78, 5) is 17.9. The molecule has 2 N–H and O–H groups in total. The SMILES string of the molecule is C/C=C\CF.C=CCC1=C(C)/C(=C\c2ccc3c(c2)[nH]c(=O)n3CCNCCN(C)CC)c2ccc(F)cc2CC1. The van der Waals surface area contributed by atoms with Crippen LogP contribution in [0.1, 0.15) is 50.3 Å². The molecule has 0 saturated heterocycles. The van der Waals surface area contributed by atoms with E-state index in [4.69, 9.17) is 0 Å². The summed E-state index contributed by atoms with van der Waals surface area (Å²) in [5.41, 5.74) is 8.36. The summed E-state index contributed by atoms with van der Waals surface area (Å²) < 4.78 is 26.7. The molecule has 0 unspecified atom stereocenters. The number of H-pyrrole nitrogens is 1. The Balaban J connectivity index is 0.000000850. The van der Waals surface area contributed by atoms with Gasteiger partial charge in [-0.3, -0.25) is 4.57 Å². The number of allylic oxidation sites excluding steroid dienone is 6. The van der Waals surface area contributed by atoms with Crippen LogP contribution >= 0.6 is 0 Å². The van der Waals surface area contributed by atoms with E-state index < -0.39 is 0 Å². The molecule has 41 heavy (non-hydrogen) atoms. The van der Waals surface area contributed by atoms with E-state index in [0.717, 1.165) is 78.7 Å². The van der Waals surface area contributed by atoms with Gasteiger partial charge in [0.1, 0.15) is 12.5 Å². The van der Waals surface area contributed by atoms with Crippen molar-refractivity contribution >= 4 is 22.7 Å². The molecule has 3 aromatic rings. The standard InChI is InChI=1S/C30H37FN4O.C4H7F/c1-5-7-23-9-10-24-20-25(31)11-12-26(24)27(21(23)3)18-22-8-13-29-28(19-22)33-30(36)35(29)17-15-32-14-16-34(4)6-2;1-2-3-4-5/h5,8,11-13,18-20,32H,1,6-7,9-10,14-17H2,2-4H3,(H,33,36);2-3H,4H2,1H3/b27-18+;3-2-. The molecule has 0 bridgehead atoms. The van der Waals surface area contributed by atoms with Gasteiger partial charge in [0.2, 0.25) is 0 Å². The fourth-order valence-corrected chi connectivity index (χ4v) is 5.01. The van der Waals surface area contributed by atoms with Crippen LogP contribution in [0.5, 0.6) is 0 Å². The zero-order valence-electron chi connectivity index (χ0n) is 24.9. The molecule has 0 atom stereocenters. The highest BCUT2D eigenvalue weighted by Gasteiger charge is 2.18. The first-order valence-corrected chi connectivity index (χ1v) is 14.4. The smallest absolute Gasteiger partial charge is 0.314 e. The molecule has 4 rings (SSSR count). The average molecular weight is 563 g/mol. The Morgan fingerprint density at radius 1 is 1.17 bits per heavy atom. The van der Waals surface area contributed by atoms with Gasteiger partial charge in [-0.05, 0) is 105 Å². The van der Waals surface area contributed by atoms with Crippen molar-refractivity contribution < 1.29 is 8.78 Å². The Morgan fingerprint density at radius 2 is 1.98 bits per heavy atom. The van der Waals surface area contributed by atoms with E-state index in [1.54, 1.807) is 23.6 Å². The molecular formula is C34H44F2N4O. The van der Waals surface area contributed by atoms with E-state index in [1.807, 2.05) is 24.3 Å². The largest absolute Gasteiger partial charge is 0.326 e. The molecule has 7 heteroatoms. The van der Waals surface area contributed by atoms with Crippen LogP contribution in [-0.2, 0) is 13.0 Å². The van der Waals surface area contributed by atoms with Gasteiger partial charge < -0.3 is 15.2 Å². The molecule has 0 saturated carbocycles. The predicted octanol–water partition coefficient (Wildman–Crippen LogP) is 6.92. The third-order valence-electron chi connectivity index (χ3n) is 7.53. The van der Waals surface area contributed by atoms with Gasteiger partial charge in [-0.2, -0.15) is 0 Å². The number of rotatable bonds is 11. The summed E-state index contributed by atoms with van der Waals surface area (Å²) >= 11 is 0. The first kappa shape index (κ1) is 32.0. The molecule has 0 amide bonds. The van der Waals surface area contributed by atoms with Crippen LogP contribution in [0, 0.1) is 5.82 Å². The maximum Gasteiger partial charge on any atom is 0.326 e. The highest BCUT2D eigenvalue weighted by molar-refractivity contribution is 5.94. The van der Waals surface area contributed by atoms with Gasteiger partial charge in [-0.15, -0.1) is 6.58 Å². The lowest BCUT2D eigenvalue weighted by Crippen LogP contribution is -2.32. The third-order valence-corrected chi connectivity index (χ3v) is 7.53. The second-order valence-electron chi connectivity index (χ2n) is 10.3. The van der Waals surface area contributed by atoms with Crippen molar-refractivity contribution in [2.75, 3.05) is 39.9 Å². The molecule has 0 fully saturated rings. The van der Waals surface area contributed by atoms with E-state index in [9.17, 15) is 13.6 Å². The summed E-state index contributed by atoms with van der Waals surface area (Å²) in [6.45, 7) is 13.9. The highest BCUT2D eigenvalue weighted by atomic mass is 19.1. The lowest BCUT2D eigenvalue weighted by atomic mass is 9.92. The Kier molecular flexibility index (Phi) is 12.5. The summed E-state index contributed by atoms with van der Waals surface area (Å²) in [6, 6.07) is 11.2. The van der Waals surface area contributed by atoms with Gasteiger partial charge in [-0.1, -0.05) is 42.9 Å². The number of aryl methyl sites for hydroxylation is 1. The molecule has 0 aliphatic heterocycles.